The Morgan fingerprint density at radius 3 is 2.93 bits per heavy atom. The number of nitrogens with one attached hydrogen (secondary N) is 1. The fraction of sp³-hybridized carbons (Fsp3) is 0.364. The molecule has 78 valence electrons. The summed E-state index contributed by atoms with van der Waals surface area (Å²) in [5.41, 5.74) is 9.19. The van der Waals surface area contributed by atoms with Crippen LogP contribution in [0.4, 0.5) is 6.01 Å². The Labute approximate surface area is 87.5 Å². The number of nitrogens with zero attached hydrogens (tertiary/aromatic N) is 1. The minimum absolute atomic E-state index is 0.220. The Hall–Kier alpha value is -1.71. The van der Waals surface area contributed by atoms with Crippen molar-refractivity contribution < 1.29 is 4.42 Å². The van der Waals surface area contributed by atoms with Crippen LogP contribution in [0.25, 0.3) is 11.5 Å². The zero-order valence-corrected chi connectivity index (χ0v) is 8.42. The van der Waals surface area contributed by atoms with Crippen LogP contribution in [-0.2, 0) is 12.8 Å². The minimum Gasteiger partial charge on any atom is -0.422 e. The molecule has 0 aliphatic heterocycles. The van der Waals surface area contributed by atoms with Crippen molar-refractivity contribution in [2.75, 3.05) is 5.73 Å². The van der Waals surface area contributed by atoms with Gasteiger partial charge in [-0.1, -0.05) is 0 Å². The first-order valence-electron chi connectivity index (χ1n) is 5.25. The molecular weight excluding hydrogens is 190 g/mol. The van der Waals surface area contributed by atoms with Gasteiger partial charge in [0, 0.05) is 5.69 Å². The maximum atomic E-state index is 5.45. The number of oxazole rings is 1. The predicted molar refractivity (Wildman–Crippen MR) is 57.3 cm³/mol. The molecule has 0 unspecified atom stereocenters. The first-order valence-corrected chi connectivity index (χ1v) is 5.25. The lowest BCUT2D eigenvalue weighted by molar-refractivity contribution is 0.592. The van der Waals surface area contributed by atoms with Gasteiger partial charge in [-0.3, -0.25) is 0 Å². The van der Waals surface area contributed by atoms with Crippen LogP contribution in [-0.4, -0.2) is 9.97 Å². The normalized spacial score (nSPS) is 15.2. The lowest BCUT2D eigenvalue weighted by atomic mass is 9.98. The van der Waals surface area contributed by atoms with Crippen LogP contribution in [0.5, 0.6) is 0 Å². The van der Waals surface area contributed by atoms with E-state index in [0.29, 0.717) is 0 Å². The monoisotopic (exact) mass is 203 g/mol. The molecule has 0 bridgehead atoms. The number of anilines is 1. The minimum atomic E-state index is 0.220. The first kappa shape index (κ1) is 8.59. The number of hydrogen-bond donors (Lipinski definition) is 2. The van der Waals surface area contributed by atoms with Crippen LogP contribution in [0.1, 0.15) is 24.1 Å². The van der Waals surface area contributed by atoms with Gasteiger partial charge in [-0.05, 0) is 37.3 Å². The number of nitrogens with two attached hydrogens (primary N) is 1. The van der Waals surface area contributed by atoms with Crippen molar-refractivity contribution in [1.82, 2.24) is 9.97 Å². The molecule has 0 saturated heterocycles. The van der Waals surface area contributed by atoms with E-state index in [0.717, 1.165) is 24.3 Å². The highest BCUT2D eigenvalue weighted by Gasteiger charge is 2.15. The van der Waals surface area contributed by atoms with Gasteiger partial charge in [0.2, 0.25) is 0 Å². The van der Waals surface area contributed by atoms with E-state index >= 15 is 0 Å². The number of aryl methyl sites for hydroxylation is 2. The van der Waals surface area contributed by atoms with Crippen molar-refractivity contribution in [1.29, 1.82) is 0 Å². The summed E-state index contributed by atoms with van der Waals surface area (Å²) < 4.78 is 5.28. The summed E-state index contributed by atoms with van der Waals surface area (Å²) in [6.45, 7) is 0. The van der Waals surface area contributed by atoms with E-state index in [2.05, 4.69) is 16.0 Å². The quantitative estimate of drug-likeness (QED) is 0.746. The molecule has 4 nitrogen and oxygen atoms in total. The number of hydrogen-bond acceptors (Lipinski definition) is 3. The third-order valence-electron chi connectivity index (χ3n) is 2.90. The van der Waals surface area contributed by atoms with Gasteiger partial charge in [0.1, 0.15) is 0 Å². The summed E-state index contributed by atoms with van der Waals surface area (Å²) in [6.07, 6.45) is 6.51. The molecule has 2 heterocycles. The van der Waals surface area contributed by atoms with Crippen LogP contribution >= 0.6 is 0 Å². The molecule has 3 N–H and O–H groups in total. The zero-order chi connectivity index (χ0) is 10.3. The van der Waals surface area contributed by atoms with E-state index in [1.54, 1.807) is 6.20 Å². The van der Waals surface area contributed by atoms with Crippen LogP contribution in [0, 0.1) is 0 Å². The highest BCUT2D eigenvalue weighted by atomic mass is 16.4. The van der Waals surface area contributed by atoms with Gasteiger partial charge in [-0.15, -0.1) is 0 Å². The highest BCUT2D eigenvalue weighted by molar-refractivity contribution is 5.55. The standard InChI is InChI=1S/C11H13N3O/c12-11-13-6-10(15-11)9-5-7-3-1-2-4-8(7)14-9/h5-6,14H,1-4H2,(H2,12,13). The Morgan fingerprint density at radius 2 is 2.20 bits per heavy atom. The summed E-state index contributed by atoms with van der Waals surface area (Å²) in [5, 5.41) is 0. The van der Waals surface area contributed by atoms with Crippen molar-refractivity contribution in [3.8, 4) is 11.5 Å². The number of fused-ring (bicyclic) bond motifs is 1. The van der Waals surface area contributed by atoms with Crippen molar-refractivity contribution in [2.45, 2.75) is 25.7 Å². The molecule has 1 aliphatic rings. The van der Waals surface area contributed by atoms with Crippen molar-refractivity contribution >= 4 is 6.01 Å². The van der Waals surface area contributed by atoms with E-state index in [9.17, 15) is 0 Å². The Balaban J connectivity index is 2.02. The van der Waals surface area contributed by atoms with Gasteiger partial charge in [-0.2, -0.15) is 0 Å². The second-order valence-electron chi connectivity index (χ2n) is 3.96. The van der Waals surface area contributed by atoms with Crippen molar-refractivity contribution in [3.63, 3.8) is 0 Å². The molecule has 0 fully saturated rings. The van der Waals surface area contributed by atoms with Crippen LogP contribution in [0.2, 0.25) is 0 Å². The molecule has 0 saturated carbocycles. The molecule has 3 rings (SSSR count). The molecule has 0 atom stereocenters. The summed E-state index contributed by atoms with van der Waals surface area (Å²) in [5.74, 6) is 0.724. The maximum Gasteiger partial charge on any atom is 0.292 e. The van der Waals surface area contributed by atoms with Gasteiger partial charge in [0.05, 0.1) is 11.9 Å². The van der Waals surface area contributed by atoms with E-state index in [1.165, 1.54) is 24.1 Å². The van der Waals surface area contributed by atoms with E-state index < -0.39 is 0 Å². The number of aromatic amines is 1. The summed E-state index contributed by atoms with van der Waals surface area (Å²) in [4.78, 5) is 7.26. The zero-order valence-electron chi connectivity index (χ0n) is 8.42. The fourth-order valence-corrected chi connectivity index (χ4v) is 2.15. The molecule has 2 aromatic heterocycles. The SMILES string of the molecule is Nc1ncc(-c2cc3c([nH]2)CCCC3)o1. The van der Waals surface area contributed by atoms with Crippen LogP contribution in [0.3, 0.4) is 0 Å². The second-order valence-corrected chi connectivity index (χ2v) is 3.96. The van der Waals surface area contributed by atoms with Crippen molar-refractivity contribution in [3.05, 3.63) is 23.5 Å². The molecule has 15 heavy (non-hydrogen) atoms. The van der Waals surface area contributed by atoms with Gasteiger partial charge >= 0.3 is 0 Å². The summed E-state index contributed by atoms with van der Waals surface area (Å²) in [7, 11) is 0. The topological polar surface area (TPSA) is 67.8 Å². The summed E-state index contributed by atoms with van der Waals surface area (Å²) in [6, 6.07) is 2.37. The van der Waals surface area contributed by atoms with Crippen LogP contribution in [0.15, 0.2) is 16.7 Å². The molecule has 0 amide bonds. The van der Waals surface area contributed by atoms with Gasteiger partial charge in [0.15, 0.2) is 5.76 Å². The second kappa shape index (κ2) is 3.15. The molecule has 0 aromatic carbocycles. The first-order chi connectivity index (χ1) is 7.33. The molecule has 2 aromatic rings. The smallest absolute Gasteiger partial charge is 0.292 e. The van der Waals surface area contributed by atoms with Gasteiger partial charge in [0.25, 0.3) is 6.01 Å². The Kier molecular flexibility index (Phi) is 1.80. The van der Waals surface area contributed by atoms with Crippen molar-refractivity contribution in [2.24, 2.45) is 0 Å². The van der Waals surface area contributed by atoms with Gasteiger partial charge < -0.3 is 15.1 Å². The maximum absolute atomic E-state index is 5.45. The molecule has 0 spiro atoms. The number of H-pyrrole nitrogens is 1. The summed E-state index contributed by atoms with van der Waals surface area (Å²) >= 11 is 0. The van der Waals surface area contributed by atoms with E-state index in [-0.39, 0.29) is 6.01 Å². The van der Waals surface area contributed by atoms with Gasteiger partial charge in [-0.25, -0.2) is 4.98 Å². The number of aromatic nitrogens is 2. The third kappa shape index (κ3) is 1.42. The van der Waals surface area contributed by atoms with E-state index in [4.69, 9.17) is 10.2 Å². The fourth-order valence-electron chi connectivity index (χ4n) is 2.15. The molecule has 4 heteroatoms. The lowest BCUT2D eigenvalue weighted by Crippen LogP contribution is -1.99. The molecule has 0 radical (unpaired) electrons. The largest absolute Gasteiger partial charge is 0.422 e. The number of rotatable bonds is 1. The molecule has 1 aliphatic carbocycles. The molecular formula is C11H13N3O. The average molecular weight is 203 g/mol. The average Bonchev–Trinajstić information content (AvgIpc) is 2.82. The predicted octanol–water partition coefficient (Wildman–Crippen LogP) is 2.13. The third-order valence-corrected chi connectivity index (χ3v) is 2.90. The lowest BCUT2D eigenvalue weighted by Gasteiger charge is -2.08. The highest BCUT2D eigenvalue weighted by Crippen LogP contribution is 2.27. The van der Waals surface area contributed by atoms with Crippen LogP contribution < -0.4 is 5.73 Å². The Morgan fingerprint density at radius 1 is 1.33 bits per heavy atom. The Bertz CT molecular complexity index is 460. The van der Waals surface area contributed by atoms with E-state index in [1.807, 2.05) is 0 Å². The number of nitrogen functional groups attached to an aromatic ring is 1.